The number of aryl methyl sites for hydroxylation is 1. The smallest absolute Gasteiger partial charge is 0.410 e. The van der Waals surface area contributed by atoms with Gasteiger partial charge in [0, 0.05) is 19.5 Å². The highest BCUT2D eigenvalue weighted by atomic mass is 32.2. The Balaban J connectivity index is 1.19. The third-order valence-electron chi connectivity index (χ3n) is 13.3. The second kappa shape index (κ2) is 15.5. The zero-order valence-corrected chi connectivity index (χ0v) is 34.1. The first-order valence-electron chi connectivity index (χ1n) is 20.7. The van der Waals surface area contributed by atoms with E-state index in [4.69, 9.17) is 9.47 Å². The highest BCUT2D eigenvalue weighted by molar-refractivity contribution is 7.91. The van der Waals surface area contributed by atoms with E-state index in [1.54, 1.807) is 4.90 Å². The van der Waals surface area contributed by atoms with Crippen LogP contribution in [0.1, 0.15) is 128 Å². The lowest BCUT2D eigenvalue weighted by Gasteiger charge is -2.42. The zero-order valence-electron chi connectivity index (χ0n) is 33.3. The van der Waals surface area contributed by atoms with Crippen molar-refractivity contribution in [3.8, 4) is 0 Å². The molecule has 0 unspecified atom stereocenters. The van der Waals surface area contributed by atoms with Crippen LogP contribution in [0.15, 0.2) is 18.2 Å². The van der Waals surface area contributed by atoms with Crippen LogP contribution in [0.5, 0.6) is 0 Å². The lowest BCUT2D eigenvalue weighted by Crippen LogP contribution is -2.61. The highest BCUT2D eigenvalue weighted by Crippen LogP contribution is 2.47. The molecule has 0 radical (unpaired) electrons. The van der Waals surface area contributed by atoms with E-state index in [0.29, 0.717) is 45.2 Å². The van der Waals surface area contributed by atoms with Gasteiger partial charge < -0.3 is 25.0 Å². The maximum absolute atomic E-state index is 15.0. The molecule has 3 N–H and O–H groups in total. The summed E-state index contributed by atoms with van der Waals surface area (Å²) in [5.41, 5.74) is 0.961. The van der Waals surface area contributed by atoms with Gasteiger partial charge in [-0.3, -0.25) is 24.0 Å². The highest BCUT2D eigenvalue weighted by Gasteiger charge is 2.62. The van der Waals surface area contributed by atoms with Gasteiger partial charge in [0.15, 0.2) is 0 Å². The summed E-state index contributed by atoms with van der Waals surface area (Å²) in [5.74, 6) is -2.21. The minimum atomic E-state index is -3.88. The van der Waals surface area contributed by atoms with Crippen LogP contribution in [0.25, 0.3) is 0 Å². The number of cyclic esters (lactones) is 1. The molecule has 6 aliphatic rings. The van der Waals surface area contributed by atoms with Crippen LogP contribution in [0.2, 0.25) is 0 Å². The molecule has 3 aliphatic carbocycles. The van der Waals surface area contributed by atoms with Crippen LogP contribution >= 0.6 is 0 Å². The van der Waals surface area contributed by atoms with Crippen LogP contribution in [0.3, 0.4) is 0 Å². The third kappa shape index (κ3) is 8.38. The number of benzene rings is 1. The van der Waals surface area contributed by atoms with Gasteiger partial charge in [0.05, 0.1) is 18.4 Å². The van der Waals surface area contributed by atoms with Crippen LogP contribution in [-0.2, 0) is 53.4 Å². The van der Waals surface area contributed by atoms with Gasteiger partial charge >= 0.3 is 12.2 Å². The van der Waals surface area contributed by atoms with Crippen molar-refractivity contribution >= 4 is 39.9 Å². The second-order valence-corrected chi connectivity index (χ2v) is 20.3. The van der Waals surface area contributed by atoms with Crippen molar-refractivity contribution in [3.05, 3.63) is 34.9 Å². The fourth-order valence-corrected chi connectivity index (χ4v) is 10.9. The van der Waals surface area contributed by atoms with E-state index in [-0.39, 0.29) is 37.3 Å². The Labute approximate surface area is 330 Å². The Morgan fingerprint density at radius 2 is 1.68 bits per heavy atom. The van der Waals surface area contributed by atoms with E-state index in [0.717, 1.165) is 56.1 Å². The van der Waals surface area contributed by atoms with Gasteiger partial charge in [0.2, 0.25) is 21.8 Å². The van der Waals surface area contributed by atoms with E-state index in [2.05, 4.69) is 35.3 Å². The van der Waals surface area contributed by atoms with Gasteiger partial charge in [0.25, 0.3) is 5.91 Å². The number of sulfonamides is 1. The molecule has 1 saturated heterocycles. The summed E-state index contributed by atoms with van der Waals surface area (Å²) in [6.45, 7) is 8.82. The van der Waals surface area contributed by atoms with Crippen molar-refractivity contribution in [3.63, 3.8) is 0 Å². The number of nitrogens with zero attached hydrogens (tertiary/aromatic N) is 2. The van der Waals surface area contributed by atoms with E-state index in [1.165, 1.54) is 10.5 Å². The predicted molar refractivity (Wildman–Crippen MR) is 206 cm³/mol. The molecule has 7 rings (SSSR count). The largest absolute Gasteiger partial charge is 0.449 e. The number of amides is 5. The van der Waals surface area contributed by atoms with Crippen LogP contribution in [0.4, 0.5) is 9.59 Å². The quantitative estimate of drug-likeness (QED) is 0.349. The topological polar surface area (TPSA) is 181 Å². The summed E-state index contributed by atoms with van der Waals surface area (Å²) < 4.78 is 39.7. The van der Waals surface area contributed by atoms with Crippen molar-refractivity contribution in [2.45, 2.75) is 160 Å². The third-order valence-corrected chi connectivity index (χ3v) is 15.2. The van der Waals surface area contributed by atoms with Crippen LogP contribution in [-0.4, -0.2) is 90.3 Å². The summed E-state index contributed by atoms with van der Waals surface area (Å²) >= 11 is 0. The molecule has 56 heavy (non-hydrogen) atoms. The molecule has 3 saturated carbocycles. The zero-order chi connectivity index (χ0) is 40.0. The molecule has 5 atom stereocenters. The molecule has 3 aliphatic heterocycles. The number of nitrogens with one attached hydrogen (secondary N) is 3. The number of carbonyl (C=O) groups is 5. The molecule has 308 valence electrons. The Bertz CT molecular complexity index is 1840. The molecule has 4 bridgehead atoms. The molecule has 1 aromatic rings. The summed E-state index contributed by atoms with van der Waals surface area (Å²) in [6.07, 6.45) is 7.20. The number of ether oxygens (including phenoxy) is 2. The van der Waals surface area contributed by atoms with Gasteiger partial charge in [-0.25, -0.2) is 18.0 Å². The number of hydrogen-bond donors (Lipinski definition) is 3. The molecule has 1 aromatic carbocycles. The predicted octanol–water partition coefficient (Wildman–Crippen LogP) is 4.82. The Hall–Kier alpha value is -3.88. The molecule has 5 amide bonds. The van der Waals surface area contributed by atoms with Crippen molar-refractivity contribution in [2.24, 2.45) is 16.7 Å². The molecular weight excluding hydrogens is 739 g/mol. The number of hydrogen-bond acceptors (Lipinski definition) is 9. The minimum Gasteiger partial charge on any atom is -0.449 e. The number of alkyl carbamates (subject to hydrolysis) is 1. The lowest BCUT2D eigenvalue weighted by atomic mass is 9.70. The molecule has 0 spiro atoms. The van der Waals surface area contributed by atoms with Crippen molar-refractivity contribution in [1.29, 1.82) is 0 Å². The number of rotatable bonds is 7. The summed E-state index contributed by atoms with van der Waals surface area (Å²) in [6, 6.07) is 3.94. The molecular formula is C41H59N5O9S. The van der Waals surface area contributed by atoms with Crippen LogP contribution < -0.4 is 15.4 Å². The Morgan fingerprint density at radius 1 is 0.964 bits per heavy atom. The molecule has 0 aromatic heterocycles. The molecule has 4 fully saturated rings. The Kier molecular flexibility index (Phi) is 11.1. The van der Waals surface area contributed by atoms with Crippen LogP contribution in [0, 0.1) is 16.7 Å². The van der Waals surface area contributed by atoms with Gasteiger partial charge in [-0.05, 0) is 84.8 Å². The van der Waals surface area contributed by atoms with Crippen molar-refractivity contribution < 1.29 is 41.9 Å². The SMILES string of the molecule is CC[C@@H]1C[C@]1(NC(=O)[C@@H]1C[C@@H]2CN1C(=O)[C@H](C1(C)CCCCC1)NC(=O)OCC(C)(C)CCCCc1cccc3c1CN(C3)C(=O)O2)C(=O)NS(=O)(=O)C1CC1. The summed E-state index contributed by atoms with van der Waals surface area (Å²) in [7, 11) is -3.88. The first kappa shape index (κ1) is 40.3. The monoisotopic (exact) mass is 797 g/mol. The average Bonchev–Trinajstić information content (AvgIpc) is 4.05. The van der Waals surface area contributed by atoms with Gasteiger partial charge in [-0.2, -0.15) is 0 Å². The number of fused-ring (bicyclic) bond motifs is 3. The fraction of sp³-hybridized carbons (Fsp3) is 0.732. The van der Waals surface area contributed by atoms with E-state index in [9.17, 15) is 32.4 Å². The van der Waals surface area contributed by atoms with Gasteiger partial charge in [0.1, 0.15) is 23.7 Å². The first-order chi connectivity index (χ1) is 26.5. The normalized spacial score (nSPS) is 30.8. The Morgan fingerprint density at radius 3 is 2.38 bits per heavy atom. The minimum absolute atomic E-state index is 0.0354. The first-order valence-corrected chi connectivity index (χ1v) is 22.3. The standard InChI is InChI=1S/C41H59N5O9S/c1-5-28-21-41(28,36(49)44-56(52,53)30-15-16-30)43-34(47)32-20-29-23-46(32)35(48)33(40(4)18-8-6-9-19-40)42-37(50)54-25-39(2,3)17-10-7-12-26-13-11-14-27-22-45(24-31(26)27)38(51)55-29/h11,13-14,28-30,32-33H,5-10,12,15-25H2,1-4H3,(H,42,50)(H,43,47)(H,44,49)/t28-,29-,32+,33-,41-/m1/s1. The fourth-order valence-electron chi connectivity index (χ4n) is 9.50. The van der Waals surface area contributed by atoms with Crippen molar-refractivity contribution in [1.82, 2.24) is 25.2 Å². The molecule has 15 heteroatoms. The van der Waals surface area contributed by atoms with E-state index < -0.39 is 74.3 Å². The van der Waals surface area contributed by atoms with Gasteiger partial charge in [-0.1, -0.05) is 78.0 Å². The maximum atomic E-state index is 15.0. The summed E-state index contributed by atoms with van der Waals surface area (Å²) in [4.78, 5) is 73.5. The van der Waals surface area contributed by atoms with E-state index in [1.807, 2.05) is 26.0 Å². The average molecular weight is 798 g/mol. The summed E-state index contributed by atoms with van der Waals surface area (Å²) in [5, 5.41) is 5.17. The van der Waals surface area contributed by atoms with Gasteiger partial charge in [-0.15, -0.1) is 0 Å². The second-order valence-electron chi connectivity index (χ2n) is 18.3. The van der Waals surface area contributed by atoms with Crippen molar-refractivity contribution in [2.75, 3.05) is 13.2 Å². The lowest BCUT2D eigenvalue weighted by molar-refractivity contribution is -0.144. The number of carbonyl (C=O) groups excluding carboxylic acids is 5. The molecule has 3 heterocycles. The maximum Gasteiger partial charge on any atom is 0.410 e. The molecule has 14 nitrogen and oxygen atoms in total. The van der Waals surface area contributed by atoms with E-state index >= 15 is 0 Å².